The molecular weight excluding hydrogens is 262 g/mol. The molecule has 1 fully saturated rings. The van der Waals surface area contributed by atoms with Crippen molar-refractivity contribution in [3.05, 3.63) is 24.3 Å². The molecule has 1 aliphatic rings. The molecule has 0 aliphatic heterocycles. The van der Waals surface area contributed by atoms with Gasteiger partial charge in [0.05, 0.1) is 12.5 Å². The van der Waals surface area contributed by atoms with Gasteiger partial charge < -0.3 is 10.1 Å². The van der Waals surface area contributed by atoms with Crippen molar-refractivity contribution >= 4 is 11.6 Å². The number of benzene rings is 1. The van der Waals surface area contributed by atoms with E-state index in [0.717, 1.165) is 37.1 Å². The third kappa shape index (κ3) is 3.39. The lowest BCUT2D eigenvalue weighted by Crippen LogP contribution is -2.40. The van der Waals surface area contributed by atoms with Crippen LogP contribution < -0.4 is 10.1 Å². The van der Waals surface area contributed by atoms with E-state index in [9.17, 15) is 4.79 Å². The highest BCUT2D eigenvalue weighted by atomic mass is 16.5. The van der Waals surface area contributed by atoms with Crippen LogP contribution in [0.2, 0.25) is 0 Å². The second kappa shape index (κ2) is 6.97. The van der Waals surface area contributed by atoms with Crippen LogP contribution in [0.1, 0.15) is 52.4 Å². The van der Waals surface area contributed by atoms with Gasteiger partial charge in [-0.2, -0.15) is 0 Å². The molecular formula is C18H27NO2. The number of amides is 1. The van der Waals surface area contributed by atoms with Gasteiger partial charge in [0.25, 0.3) is 0 Å². The Balaban J connectivity index is 2.14. The number of hydrogen-bond acceptors (Lipinski definition) is 2. The monoisotopic (exact) mass is 289 g/mol. The number of hydrogen-bond donors (Lipinski definition) is 1. The van der Waals surface area contributed by atoms with Crippen molar-refractivity contribution in [2.45, 2.75) is 52.4 Å². The predicted molar refractivity (Wildman–Crippen MR) is 86.6 cm³/mol. The van der Waals surface area contributed by atoms with E-state index in [2.05, 4.69) is 19.2 Å². The summed E-state index contributed by atoms with van der Waals surface area (Å²) >= 11 is 0. The average Bonchev–Trinajstić information content (AvgIpc) is 2.70. The molecule has 0 spiro atoms. The van der Waals surface area contributed by atoms with Crippen LogP contribution in [0.3, 0.4) is 0 Å². The lowest BCUT2D eigenvalue weighted by atomic mass is 9.70. The minimum absolute atomic E-state index is 0.185. The van der Waals surface area contributed by atoms with Crippen LogP contribution in [0.25, 0.3) is 0 Å². The van der Waals surface area contributed by atoms with Gasteiger partial charge in [0.15, 0.2) is 0 Å². The van der Waals surface area contributed by atoms with Crippen molar-refractivity contribution in [2.75, 3.05) is 12.4 Å². The maximum Gasteiger partial charge on any atom is 0.230 e. The predicted octanol–water partition coefficient (Wildman–Crippen LogP) is 4.63. The van der Waals surface area contributed by atoms with Crippen LogP contribution in [-0.4, -0.2) is 13.0 Å². The molecule has 1 saturated carbocycles. The molecule has 0 radical (unpaired) electrons. The first-order valence-corrected chi connectivity index (χ1v) is 8.08. The standard InChI is InChI=1S/C18H27NO2/c1-4-18(13-7-5-6-8-14(18)2)17(20)19-15-9-11-16(21-3)12-10-15/h9-12,14H,4-8,13H2,1-3H3,(H,19,20). The van der Waals surface area contributed by atoms with Crippen molar-refractivity contribution in [1.29, 1.82) is 0 Å². The minimum Gasteiger partial charge on any atom is -0.497 e. The molecule has 1 N–H and O–H groups in total. The highest BCUT2D eigenvalue weighted by Gasteiger charge is 2.42. The molecule has 1 amide bonds. The molecule has 2 atom stereocenters. The number of carbonyl (C=O) groups excluding carboxylic acids is 1. The summed E-state index contributed by atoms with van der Waals surface area (Å²) in [6.45, 7) is 4.39. The van der Waals surface area contributed by atoms with Crippen LogP contribution in [0.4, 0.5) is 5.69 Å². The molecule has 2 rings (SSSR count). The Morgan fingerprint density at radius 3 is 2.62 bits per heavy atom. The zero-order valence-electron chi connectivity index (χ0n) is 13.4. The number of anilines is 1. The second-order valence-corrected chi connectivity index (χ2v) is 6.19. The molecule has 0 aromatic heterocycles. The normalized spacial score (nSPS) is 26.0. The summed E-state index contributed by atoms with van der Waals surface area (Å²) < 4.78 is 5.15. The summed E-state index contributed by atoms with van der Waals surface area (Å²) in [6, 6.07) is 7.57. The SMILES string of the molecule is CCC1(C(=O)Nc2ccc(OC)cc2)CCCCCC1C. The molecule has 0 saturated heterocycles. The summed E-state index contributed by atoms with van der Waals surface area (Å²) in [5, 5.41) is 3.12. The fourth-order valence-electron chi connectivity index (χ4n) is 3.54. The Bertz CT molecular complexity index is 469. The maximum absolute atomic E-state index is 12.9. The highest BCUT2D eigenvalue weighted by Crippen LogP contribution is 2.43. The zero-order valence-corrected chi connectivity index (χ0v) is 13.4. The summed E-state index contributed by atoms with van der Waals surface area (Å²) in [7, 11) is 1.65. The van der Waals surface area contributed by atoms with Crippen molar-refractivity contribution < 1.29 is 9.53 Å². The molecule has 2 unspecified atom stereocenters. The summed E-state index contributed by atoms with van der Waals surface area (Å²) in [5.41, 5.74) is 0.640. The summed E-state index contributed by atoms with van der Waals surface area (Å²) in [5.74, 6) is 1.44. The Morgan fingerprint density at radius 2 is 2.00 bits per heavy atom. The van der Waals surface area contributed by atoms with Gasteiger partial charge in [0.1, 0.15) is 5.75 Å². The summed E-state index contributed by atoms with van der Waals surface area (Å²) in [6.07, 6.45) is 6.74. The lowest BCUT2D eigenvalue weighted by molar-refractivity contribution is -0.129. The Kier molecular flexibility index (Phi) is 5.27. The van der Waals surface area contributed by atoms with Crippen molar-refractivity contribution in [3.8, 4) is 5.75 Å². The van der Waals surface area contributed by atoms with Gasteiger partial charge in [-0.3, -0.25) is 4.79 Å². The number of carbonyl (C=O) groups is 1. The largest absolute Gasteiger partial charge is 0.497 e. The van der Waals surface area contributed by atoms with E-state index in [1.54, 1.807) is 7.11 Å². The van der Waals surface area contributed by atoms with Crippen molar-refractivity contribution in [3.63, 3.8) is 0 Å². The van der Waals surface area contributed by atoms with Crippen LogP contribution in [-0.2, 0) is 4.79 Å². The first-order valence-electron chi connectivity index (χ1n) is 8.08. The average molecular weight is 289 g/mol. The Morgan fingerprint density at radius 1 is 1.29 bits per heavy atom. The number of nitrogens with one attached hydrogen (secondary N) is 1. The molecule has 3 heteroatoms. The van der Waals surface area contributed by atoms with Crippen LogP contribution in [0, 0.1) is 11.3 Å². The molecule has 21 heavy (non-hydrogen) atoms. The summed E-state index contributed by atoms with van der Waals surface area (Å²) in [4.78, 5) is 12.9. The highest BCUT2D eigenvalue weighted by molar-refractivity contribution is 5.95. The number of rotatable bonds is 4. The second-order valence-electron chi connectivity index (χ2n) is 6.19. The van der Waals surface area contributed by atoms with Gasteiger partial charge in [-0.25, -0.2) is 0 Å². The number of ether oxygens (including phenoxy) is 1. The quantitative estimate of drug-likeness (QED) is 0.821. The van der Waals surface area contributed by atoms with Gasteiger partial charge in [-0.05, 0) is 49.4 Å². The van der Waals surface area contributed by atoms with Crippen LogP contribution in [0.15, 0.2) is 24.3 Å². The van der Waals surface area contributed by atoms with E-state index in [1.807, 2.05) is 24.3 Å². The van der Waals surface area contributed by atoms with Crippen LogP contribution in [0.5, 0.6) is 5.75 Å². The van der Waals surface area contributed by atoms with Gasteiger partial charge >= 0.3 is 0 Å². The minimum atomic E-state index is -0.212. The molecule has 3 nitrogen and oxygen atoms in total. The van der Waals surface area contributed by atoms with E-state index >= 15 is 0 Å². The molecule has 1 aliphatic carbocycles. The molecule has 1 aromatic carbocycles. The van der Waals surface area contributed by atoms with Crippen LogP contribution >= 0.6 is 0 Å². The van der Waals surface area contributed by atoms with Gasteiger partial charge in [-0.1, -0.05) is 33.1 Å². The molecule has 0 heterocycles. The first-order chi connectivity index (χ1) is 10.1. The zero-order chi connectivity index (χ0) is 15.3. The first kappa shape index (κ1) is 15.9. The van der Waals surface area contributed by atoms with Crippen molar-refractivity contribution in [2.24, 2.45) is 11.3 Å². The van der Waals surface area contributed by atoms with E-state index in [1.165, 1.54) is 12.8 Å². The van der Waals surface area contributed by atoms with Gasteiger partial charge in [0.2, 0.25) is 5.91 Å². The number of methoxy groups -OCH3 is 1. The molecule has 116 valence electrons. The maximum atomic E-state index is 12.9. The molecule has 0 bridgehead atoms. The lowest BCUT2D eigenvalue weighted by Gasteiger charge is -2.35. The fraction of sp³-hybridized carbons (Fsp3) is 0.611. The fourth-order valence-corrected chi connectivity index (χ4v) is 3.54. The third-order valence-electron chi connectivity index (χ3n) is 5.13. The van der Waals surface area contributed by atoms with E-state index in [4.69, 9.17) is 4.74 Å². The van der Waals surface area contributed by atoms with Crippen molar-refractivity contribution in [1.82, 2.24) is 0 Å². The van der Waals surface area contributed by atoms with E-state index < -0.39 is 0 Å². The van der Waals surface area contributed by atoms with Gasteiger partial charge in [-0.15, -0.1) is 0 Å². The topological polar surface area (TPSA) is 38.3 Å². The van der Waals surface area contributed by atoms with E-state index in [0.29, 0.717) is 5.92 Å². The third-order valence-corrected chi connectivity index (χ3v) is 5.13. The Hall–Kier alpha value is -1.51. The molecule has 1 aromatic rings. The van der Waals surface area contributed by atoms with E-state index in [-0.39, 0.29) is 11.3 Å². The van der Waals surface area contributed by atoms with Gasteiger partial charge in [0, 0.05) is 5.69 Å². The Labute approximate surface area is 128 Å². The smallest absolute Gasteiger partial charge is 0.230 e.